The van der Waals surface area contributed by atoms with Gasteiger partial charge in [-0.3, -0.25) is 4.79 Å². The summed E-state index contributed by atoms with van der Waals surface area (Å²) < 4.78 is 30.0. The molecule has 8 nitrogen and oxygen atoms in total. The lowest BCUT2D eigenvalue weighted by molar-refractivity contribution is -0.199. The van der Waals surface area contributed by atoms with Gasteiger partial charge in [0, 0.05) is 5.56 Å². The molecule has 4 aliphatic rings. The van der Waals surface area contributed by atoms with Crippen molar-refractivity contribution >= 4 is 19.0 Å². The zero-order chi connectivity index (χ0) is 29.7. The number of hydrogen-bond acceptors (Lipinski definition) is 7. The van der Waals surface area contributed by atoms with Crippen molar-refractivity contribution in [3.63, 3.8) is 0 Å². The summed E-state index contributed by atoms with van der Waals surface area (Å²) in [6, 6.07) is 12.3. The molecule has 4 fully saturated rings. The van der Waals surface area contributed by atoms with E-state index >= 15 is 0 Å². The Morgan fingerprint density at radius 3 is 2.37 bits per heavy atom. The fourth-order valence-corrected chi connectivity index (χ4v) is 7.00. The highest BCUT2D eigenvalue weighted by Crippen LogP contribution is 2.65. The Labute approximate surface area is 243 Å². The van der Waals surface area contributed by atoms with Crippen molar-refractivity contribution < 1.29 is 33.1 Å². The number of ether oxygens (including phenoxy) is 3. The first-order valence-electron chi connectivity index (χ1n) is 14.4. The van der Waals surface area contributed by atoms with Crippen molar-refractivity contribution in [1.82, 2.24) is 5.32 Å². The van der Waals surface area contributed by atoms with E-state index in [-0.39, 0.29) is 17.4 Å². The van der Waals surface area contributed by atoms with Crippen LogP contribution in [0.5, 0.6) is 11.5 Å². The highest BCUT2D eigenvalue weighted by molar-refractivity contribution is 6.48. The van der Waals surface area contributed by atoms with Gasteiger partial charge in [-0.1, -0.05) is 26.0 Å². The van der Waals surface area contributed by atoms with Gasteiger partial charge in [-0.15, -0.1) is 0 Å². The van der Waals surface area contributed by atoms with Crippen LogP contribution in [-0.2, 0) is 20.5 Å². The largest absolute Gasteiger partial charge is 0.497 e. The highest BCUT2D eigenvalue weighted by atomic mass is 16.7. The van der Waals surface area contributed by atoms with Crippen LogP contribution in [0.3, 0.4) is 0 Å². The SMILES string of the molecule is COc1ccc(C(=O)NC(Cc2cccc(C(=O)OC(C)(C)C)c2OC)B2OC3CC4CC(C4(C)C)C3(C)O2)cc1. The summed E-state index contributed by atoms with van der Waals surface area (Å²) in [7, 11) is 2.45. The molecule has 2 aromatic rings. The Balaban J connectivity index is 1.45. The molecule has 220 valence electrons. The van der Waals surface area contributed by atoms with Crippen LogP contribution in [0.15, 0.2) is 42.5 Å². The fourth-order valence-electron chi connectivity index (χ4n) is 7.00. The molecule has 5 atom stereocenters. The standard InChI is InChI=1S/C32H42BNO7/c1-30(2,3)39-29(36)23-11-9-10-20(27(23)38-8)16-26(34-28(35)19-12-14-22(37-7)15-13-19)33-40-25-18-21-17-24(31(21,4)5)32(25,6)41-33/h9-15,21,24-26H,16-18H2,1-8H3,(H,34,35). The number of para-hydroxylation sites is 1. The third kappa shape index (κ3) is 5.46. The number of hydrogen-bond donors (Lipinski definition) is 1. The van der Waals surface area contributed by atoms with Gasteiger partial charge in [-0.25, -0.2) is 4.79 Å². The average Bonchev–Trinajstić information content (AvgIpc) is 3.28. The quantitative estimate of drug-likeness (QED) is 0.346. The first-order chi connectivity index (χ1) is 19.3. The first-order valence-corrected chi connectivity index (χ1v) is 14.4. The molecule has 0 aromatic heterocycles. The van der Waals surface area contributed by atoms with E-state index in [0.717, 1.165) is 18.4 Å². The van der Waals surface area contributed by atoms with Crippen LogP contribution >= 0.6 is 0 Å². The Bertz CT molecular complexity index is 1300. The summed E-state index contributed by atoms with van der Waals surface area (Å²) in [5.41, 5.74) is 0.670. The predicted octanol–water partition coefficient (Wildman–Crippen LogP) is 5.27. The maximum atomic E-state index is 13.5. The number of methoxy groups -OCH3 is 2. The topological polar surface area (TPSA) is 92.3 Å². The van der Waals surface area contributed by atoms with Crippen LogP contribution in [0.25, 0.3) is 0 Å². The normalized spacial score (nSPS) is 26.8. The van der Waals surface area contributed by atoms with Crippen molar-refractivity contribution in [2.75, 3.05) is 14.2 Å². The molecule has 41 heavy (non-hydrogen) atoms. The summed E-state index contributed by atoms with van der Waals surface area (Å²) in [5.74, 6) is 0.798. The number of esters is 1. The van der Waals surface area contributed by atoms with Gasteiger partial charge in [0.1, 0.15) is 22.7 Å². The van der Waals surface area contributed by atoms with Crippen LogP contribution in [-0.4, -0.2) is 56.5 Å². The monoisotopic (exact) mass is 563 g/mol. The lowest BCUT2D eigenvalue weighted by Gasteiger charge is -2.64. The number of carbonyl (C=O) groups excluding carboxylic acids is 2. The number of benzene rings is 2. The molecule has 1 aliphatic heterocycles. The minimum atomic E-state index is -0.669. The van der Waals surface area contributed by atoms with Crippen LogP contribution in [0.2, 0.25) is 0 Å². The minimum Gasteiger partial charge on any atom is -0.497 e. The molecule has 0 radical (unpaired) electrons. The third-order valence-corrected chi connectivity index (χ3v) is 9.33. The molecule has 2 bridgehead atoms. The molecule has 5 unspecified atom stereocenters. The van der Waals surface area contributed by atoms with Crippen molar-refractivity contribution in [1.29, 1.82) is 0 Å². The molecule has 6 rings (SSSR count). The van der Waals surface area contributed by atoms with Crippen LogP contribution < -0.4 is 14.8 Å². The molecule has 1 heterocycles. The second-order valence-electron chi connectivity index (χ2n) is 13.3. The van der Waals surface area contributed by atoms with Gasteiger partial charge in [0.05, 0.1) is 31.9 Å². The summed E-state index contributed by atoms with van der Waals surface area (Å²) >= 11 is 0. The zero-order valence-electron chi connectivity index (χ0n) is 25.4. The van der Waals surface area contributed by atoms with Gasteiger partial charge in [-0.05, 0) is 100 Å². The molecule has 1 N–H and O–H groups in total. The Morgan fingerprint density at radius 1 is 1.05 bits per heavy atom. The lowest BCUT2D eigenvalue weighted by Crippen LogP contribution is -2.65. The van der Waals surface area contributed by atoms with Crippen molar-refractivity contribution in [3.05, 3.63) is 59.2 Å². The minimum absolute atomic E-state index is 0.0420. The number of carbonyl (C=O) groups is 2. The Morgan fingerprint density at radius 2 is 1.76 bits per heavy atom. The van der Waals surface area contributed by atoms with E-state index in [2.05, 4.69) is 26.1 Å². The predicted molar refractivity (Wildman–Crippen MR) is 156 cm³/mol. The smallest absolute Gasteiger partial charge is 0.482 e. The van der Waals surface area contributed by atoms with Crippen molar-refractivity contribution in [2.24, 2.45) is 17.3 Å². The van der Waals surface area contributed by atoms with Gasteiger partial charge in [0.2, 0.25) is 0 Å². The first kappa shape index (κ1) is 29.5. The maximum Gasteiger partial charge on any atom is 0.482 e. The van der Waals surface area contributed by atoms with E-state index in [9.17, 15) is 9.59 Å². The molecule has 2 aromatic carbocycles. The Kier molecular flexibility index (Phi) is 7.66. The molecular formula is C32H42BNO7. The molecular weight excluding hydrogens is 521 g/mol. The van der Waals surface area contributed by atoms with Crippen LogP contribution in [0.1, 0.15) is 80.7 Å². The Hall–Kier alpha value is -3.04. The maximum absolute atomic E-state index is 13.5. The summed E-state index contributed by atoms with van der Waals surface area (Å²) in [5, 5.41) is 3.17. The fraction of sp³-hybridized carbons (Fsp3) is 0.562. The highest BCUT2D eigenvalue weighted by Gasteiger charge is 2.68. The van der Waals surface area contributed by atoms with Gasteiger partial charge in [0.15, 0.2) is 0 Å². The van der Waals surface area contributed by atoms with Crippen molar-refractivity contribution in [3.8, 4) is 11.5 Å². The molecule has 3 saturated carbocycles. The molecule has 1 amide bonds. The summed E-state index contributed by atoms with van der Waals surface area (Å²) in [6.07, 6.45) is 2.35. The third-order valence-electron chi connectivity index (χ3n) is 9.33. The molecule has 1 saturated heterocycles. The van der Waals surface area contributed by atoms with E-state index in [1.165, 1.54) is 7.11 Å². The van der Waals surface area contributed by atoms with E-state index in [4.69, 9.17) is 23.5 Å². The van der Waals surface area contributed by atoms with E-state index in [1.54, 1.807) is 43.5 Å². The number of amides is 1. The second kappa shape index (κ2) is 10.7. The molecule has 3 aliphatic carbocycles. The van der Waals surface area contributed by atoms with Crippen molar-refractivity contribution in [2.45, 2.75) is 84.1 Å². The van der Waals surface area contributed by atoms with Gasteiger partial charge < -0.3 is 28.8 Å². The van der Waals surface area contributed by atoms with E-state index < -0.39 is 30.2 Å². The van der Waals surface area contributed by atoms with E-state index in [1.807, 2.05) is 26.8 Å². The lowest BCUT2D eigenvalue weighted by atomic mass is 9.43. The molecule has 0 spiro atoms. The van der Waals surface area contributed by atoms with E-state index in [0.29, 0.717) is 40.9 Å². The number of nitrogens with one attached hydrogen (secondary N) is 1. The average molecular weight is 564 g/mol. The molecule has 9 heteroatoms. The van der Waals surface area contributed by atoms with Gasteiger partial charge >= 0.3 is 13.1 Å². The summed E-state index contributed by atoms with van der Waals surface area (Å²) in [6.45, 7) is 12.3. The van der Waals surface area contributed by atoms with Crippen LogP contribution in [0, 0.1) is 17.3 Å². The van der Waals surface area contributed by atoms with Crippen LogP contribution in [0.4, 0.5) is 0 Å². The van der Waals surface area contributed by atoms with Gasteiger partial charge in [-0.2, -0.15) is 0 Å². The summed E-state index contributed by atoms with van der Waals surface area (Å²) in [4.78, 5) is 26.5. The second-order valence-corrected chi connectivity index (χ2v) is 13.3. The zero-order valence-corrected chi connectivity index (χ0v) is 25.4. The number of rotatable bonds is 8. The van der Waals surface area contributed by atoms with Gasteiger partial charge in [0.25, 0.3) is 5.91 Å².